The number of amides is 2. The summed E-state index contributed by atoms with van der Waals surface area (Å²) in [7, 11) is 0. The van der Waals surface area contributed by atoms with Gasteiger partial charge in [0, 0.05) is 18.2 Å². The maximum absolute atomic E-state index is 13.9. The minimum atomic E-state index is -4.79. The number of carbonyl (C=O) groups excluding carboxylic acids is 2. The summed E-state index contributed by atoms with van der Waals surface area (Å²) < 4.78 is 62.6. The lowest BCUT2D eigenvalue weighted by Gasteiger charge is -2.31. The number of hydrogen-bond donors (Lipinski definition) is 2. The molecular weight excluding hydrogens is 526 g/mol. The number of aliphatic hydroxyl groups is 2. The maximum Gasteiger partial charge on any atom is 0.416 e. The second-order valence-corrected chi connectivity index (χ2v) is 9.48. The summed E-state index contributed by atoms with van der Waals surface area (Å²) in [6, 6.07) is 2.23. The number of aliphatic hydroxyl groups excluding tert-OH is 2. The van der Waals surface area contributed by atoms with Crippen LogP contribution in [0.5, 0.6) is 5.75 Å². The smallest absolute Gasteiger partial charge is 0.416 e. The van der Waals surface area contributed by atoms with Crippen LogP contribution in [0, 0.1) is 0 Å². The molecule has 2 amide bonds. The number of pyridine rings is 1. The summed E-state index contributed by atoms with van der Waals surface area (Å²) >= 11 is 12.3. The molecule has 0 radical (unpaired) electrons. The molecule has 1 saturated heterocycles. The minimum Gasteiger partial charge on any atom is -0.490 e. The van der Waals surface area contributed by atoms with Crippen molar-refractivity contribution in [3.05, 3.63) is 45.6 Å². The molecule has 5 rings (SSSR count). The van der Waals surface area contributed by atoms with Crippen LogP contribution in [0.25, 0.3) is 0 Å². The molecule has 3 heterocycles. The number of halogens is 5. The third-order valence-electron chi connectivity index (χ3n) is 6.27. The first kappa shape index (κ1) is 22.6. The van der Waals surface area contributed by atoms with Crippen molar-refractivity contribution in [3.8, 4) is 5.75 Å². The number of carbonyl (C=O) groups is 2. The fraction of sp³-hybridized carbons (Fsp3) is 0.435. The van der Waals surface area contributed by atoms with Gasteiger partial charge in [0.25, 0.3) is 11.8 Å². The number of rotatable bonds is 3. The molecule has 2 aromatic rings. The van der Waals surface area contributed by atoms with E-state index in [9.17, 15) is 33.0 Å². The third-order valence-corrected chi connectivity index (χ3v) is 7.05. The third kappa shape index (κ3) is 4.27. The highest BCUT2D eigenvalue weighted by molar-refractivity contribution is 6.43. The van der Waals surface area contributed by atoms with Crippen molar-refractivity contribution in [2.45, 2.75) is 49.6 Å². The number of anilines is 2. The number of alkyl halides is 3. The van der Waals surface area contributed by atoms with Gasteiger partial charge in [-0.3, -0.25) is 14.5 Å². The van der Waals surface area contributed by atoms with E-state index in [2.05, 4.69) is 4.98 Å². The zero-order chi connectivity index (χ0) is 27.7. The van der Waals surface area contributed by atoms with Crippen LogP contribution >= 0.6 is 23.2 Å². The Morgan fingerprint density at radius 2 is 1.94 bits per heavy atom. The lowest BCUT2D eigenvalue weighted by molar-refractivity contribution is -0.137. The zero-order valence-electron chi connectivity index (χ0n) is 20.3. The van der Waals surface area contributed by atoms with Crippen molar-refractivity contribution in [2.75, 3.05) is 22.9 Å². The van der Waals surface area contributed by atoms with E-state index in [4.69, 9.17) is 30.7 Å². The lowest BCUT2D eigenvalue weighted by Crippen LogP contribution is -2.51. The molecule has 13 heteroatoms. The maximum atomic E-state index is 13.9. The van der Waals surface area contributed by atoms with Crippen LogP contribution in [-0.4, -0.2) is 58.4 Å². The van der Waals surface area contributed by atoms with Gasteiger partial charge in [-0.1, -0.05) is 23.2 Å². The monoisotopic (exact) mass is 547 g/mol. The van der Waals surface area contributed by atoms with E-state index in [-0.39, 0.29) is 46.1 Å². The predicted octanol–water partition coefficient (Wildman–Crippen LogP) is 3.54. The van der Waals surface area contributed by atoms with Crippen LogP contribution in [0.2, 0.25) is 10.0 Å². The molecule has 2 aliphatic heterocycles. The molecular formula is C23H20Cl2F3N3O5. The van der Waals surface area contributed by atoms with Crippen molar-refractivity contribution < 1.29 is 40.5 Å². The van der Waals surface area contributed by atoms with E-state index in [0.717, 1.165) is 11.0 Å². The normalized spacial score (nSPS) is 26.6. The summed E-state index contributed by atoms with van der Waals surface area (Å²) in [5.74, 6) is -3.29. The van der Waals surface area contributed by atoms with E-state index in [1.807, 2.05) is 0 Å². The first-order chi connectivity index (χ1) is 17.7. The van der Waals surface area contributed by atoms with E-state index in [1.165, 1.54) is 12.1 Å². The van der Waals surface area contributed by atoms with Crippen molar-refractivity contribution >= 4 is 46.5 Å². The summed E-state index contributed by atoms with van der Waals surface area (Å²) in [5, 5.41) is 20.9. The van der Waals surface area contributed by atoms with Gasteiger partial charge in [-0.05, 0) is 43.5 Å². The average Bonchev–Trinajstić information content (AvgIpc) is 3.67. The molecule has 8 nitrogen and oxygen atoms in total. The molecule has 1 saturated carbocycles. The largest absolute Gasteiger partial charge is 0.490 e. The number of aromatic nitrogens is 1. The standard InChI is InChI=1S/C23H20Cl2F3N3O5/c24-12-4-5-14-20(16(12)25)36-7-1-6-30(14)21(34)17-18(32)19(33)22(35)31(17)15-9-11(23(26,27)28)8-13(29-15)10-2-3-10/h4-5,8-10,17-19,32-33H,1-3,6-7H2/t17-,18-,19-/m0/s1/i7D2. The Bertz CT molecular complexity index is 1330. The second kappa shape index (κ2) is 9.05. The molecule has 0 spiro atoms. The highest BCUT2D eigenvalue weighted by Crippen LogP contribution is 2.44. The zero-order valence-corrected chi connectivity index (χ0v) is 19.8. The van der Waals surface area contributed by atoms with Crippen molar-refractivity contribution in [1.82, 2.24) is 4.98 Å². The van der Waals surface area contributed by atoms with Crippen molar-refractivity contribution in [1.29, 1.82) is 0 Å². The number of benzene rings is 1. The van der Waals surface area contributed by atoms with Crippen molar-refractivity contribution in [3.63, 3.8) is 0 Å². The topological polar surface area (TPSA) is 103 Å². The van der Waals surface area contributed by atoms with E-state index >= 15 is 0 Å². The van der Waals surface area contributed by atoms with Crippen LogP contribution in [-0.2, 0) is 15.8 Å². The van der Waals surface area contributed by atoms with Gasteiger partial charge in [-0.15, -0.1) is 0 Å². The number of hydrogen-bond acceptors (Lipinski definition) is 6. The molecule has 1 aromatic carbocycles. The van der Waals surface area contributed by atoms with Gasteiger partial charge >= 0.3 is 6.18 Å². The van der Waals surface area contributed by atoms with E-state index in [1.54, 1.807) is 0 Å². The van der Waals surface area contributed by atoms with Gasteiger partial charge in [-0.25, -0.2) is 4.98 Å². The molecule has 3 aliphatic rings. The molecule has 2 N–H and O–H groups in total. The minimum absolute atomic E-state index is 0.00409. The Hall–Kier alpha value is -2.60. The predicted molar refractivity (Wildman–Crippen MR) is 123 cm³/mol. The SMILES string of the molecule is [2H]C1([2H])CCN(C(=O)[C@@H]2[C@H](O)[C@H](O)C(=O)N2c2cc(C(F)(F)F)cc(C3CC3)n2)c2ccc(Cl)c(Cl)c2O1. The first-order valence-corrected chi connectivity index (χ1v) is 11.7. The van der Waals surface area contributed by atoms with Gasteiger partial charge in [0.1, 0.15) is 23.0 Å². The van der Waals surface area contributed by atoms with Crippen LogP contribution in [0.15, 0.2) is 24.3 Å². The summed E-state index contributed by atoms with van der Waals surface area (Å²) in [5.41, 5.74) is -1.06. The molecule has 192 valence electrons. The fourth-order valence-corrected chi connectivity index (χ4v) is 4.64. The molecule has 0 bridgehead atoms. The lowest BCUT2D eigenvalue weighted by atomic mass is 10.1. The van der Waals surface area contributed by atoms with Crippen LogP contribution < -0.4 is 14.5 Å². The summed E-state index contributed by atoms with van der Waals surface area (Å²) in [6.07, 6.45) is -8.09. The Morgan fingerprint density at radius 3 is 2.61 bits per heavy atom. The summed E-state index contributed by atoms with van der Waals surface area (Å²) in [6.45, 7) is -2.61. The second-order valence-electron chi connectivity index (χ2n) is 8.70. The number of ether oxygens (including phenoxy) is 1. The molecule has 36 heavy (non-hydrogen) atoms. The van der Waals surface area contributed by atoms with Crippen molar-refractivity contribution in [2.24, 2.45) is 0 Å². The molecule has 0 unspecified atom stereocenters. The van der Waals surface area contributed by atoms with E-state index < -0.39 is 54.2 Å². The van der Waals surface area contributed by atoms with E-state index in [0.29, 0.717) is 23.8 Å². The molecule has 1 aromatic heterocycles. The Balaban J connectivity index is 1.61. The highest BCUT2D eigenvalue weighted by Gasteiger charge is 2.53. The van der Waals surface area contributed by atoms with Gasteiger partial charge < -0.3 is 19.8 Å². The van der Waals surface area contributed by atoms with Gasteiger partial charge in [0.2, 0.25) is 0 Å². The molecule has 1 aliphatic carbocycles. The summed E-state index contributed by atoms with van der Waals surface area (Å²) in [4.78, 5) is 32.6. The average molecular weight is 548 g/mol. The number of fused-ring (bicyclic) bond motifs is 1. The highest BCUT2D eigenvalue weighted by atomic mass is 35.5. The van der Waals surface area contributed by atoms with Crippen LogP contribution in [0.1, 0.15) is 39.2 Å². The first-order valence-electron chi connectivity index (χ1n) is 12.0. The number of nitrogens with zero attached hydrogens (tertiary/aromatic N) is 3. The quantitative estimate of drug-likeness (QED) is 0.609. The van der Waals surface area contributed by atoms with Crippen LogP contribution in [0.3, 0.4) is 0 Å². The Labute approximate surface area is 216 Å². The Kier molecular flexibility index (Phi) is 5.68. The van der Waals surface area contributed by atoms with Crippen LogP contribution in [0.4, 0.5) is 24.7 Å². The fourth-order valence-electron chi connectivity index (χ4n) is 4.30. The Morgan fingerprint density at radius 1 is 1.22 bits per heavy atom. The van der Waals surface area contributed by atoms with Gasteiger partial charge in [-0.2, -0.15) is 13.2 Å². The molecule has 3 atom stereocenters. The molecule has 2 fully saturated rings. The van der Waals surface area contributed by atoms with Gasteiger partial charge in [0.05, 0.1) is 25.6 Å². The van der Waals surface area contributed by atoms with Gasteiger partial charge in [0.15, 0.2) is 11.9 Å².